The summed E-state index contributed by atoms with van der Waals surface area (Å²) in [6.07, 6.45) is 1.62. The lowest BCUT2D eigenvalue weighted by atomic mass is 10.1. The highest BCUT2D eigenvalue weighted by molar-refractivity contribution is 5.39. The second-order valence-electron chi connectivity index (χ2n) is 4.10. The summed E-state index contributed by atoms with van der Waals surface area (Å²) >= 11 is 0. The zero-order chi connectivity index (χ0) is 12.3. The van der Waals surface area contributed by atoms with Gasteiger partial charge in [-0.3, -0.25) is 0 Å². The molecule has 0 atom stereocenters. The molecule has 4 nitrogen and oxygen atoms in total. The Morgan fingerprint density at radius 1 is 1.24 bits per heavy atom. The molecule has 0 spiro atoms. The highest BCUT2D eigenvalue weighted by atomic mass is 16.1. The van der Waals surface area contributed by atoms with Crippen molar-refractivity contribution < 1.29 is 0 Å². The number of benzene rings is 1. The van der Waals surface area contributed by atoms with Gasteiger partial charge < -0.3 is 10.7 Å². The minimum absolute atomic E-state index is 0.280. The third-order valence-corrected chi connectivity index (χ3v) is 2.58. The molecule has 88 valence electrons. The van der Waals surface area contributed by atoms with Crippen LogP contribution in [0.3, 0.4) is 0 Å². The summed E-state index contributed by atoms with van der Waals surface area (Å²) in [5, 5.41) is 0. The lowest BCUT2D eigenvalue weighted by Crippen LogP contribution is -2.14. The van der Waals surface area contributed by atoms with Gasteiger partial charge in [-0.25, -0.2) is 4.79 Å². The Kier molecular flexibility index (Phi) is 3.23. The van der Waals surface area contributed by atoms with E-state index in [0.29, 0.717) is 0 Å². The summed E-state index contributed by atoms with van der Waals surface area (Å²) in [5.74, 6) is 0. The summed E-state index contributed by atoms with van der Waals surface area (Å²) < 4.78 is 0. The number of nitrogens with zero attached hydrogens (tertiary/aromatic N) is 1. The van der Waals surface area contributed by atoms with E-state index in [2.05, 4.69) is 9.97 Å². The van der Waals surface area contributed by atoms with E-state index in [-0.39, 0.29) is 5.69 Å². The maximum Gasteiger partial charge on any atom is 0.345 e. The molecule has 1 aromatic heterocycles. The molecular formula is C13H15N3O. The van der Waals surface area contributed by atoms with E-state index >= 15 is 0 Å². The van der Waals surface area contributed by atoms with E-state index in [1.54, 1.807) is 0 Å². The molecule has 0 aliphatic rings. The number of nitrogen functional groups attached to an aromatic ring is 1. The maximum absolute atomic E-state index is 11.2. The van der Waals surface area contributed by atoms with Gasteiger partial charge >= 0.3 is 5.69 Å². The van der Waals surface area contributed by atoms with Crippen molar-refractivity contribution in [2.45, 2.75) is 19.8 Å². The maximum atomic E-state index is 11.2. The topological polar surface area (TPSA) is 71.8 Å². The molecule has 0 aliphatic heterocycles. The Bertz CT molecular complexity index is 558. The third-order valence-electron chi connectivity index (χ3n) is 2.58. The van der Waals surface area contributed by atoms with Crippen LogP contribution in [-0.4, -0.2) is 9.97 Å². The minimum Gasteiger partial charge on any atom is -0.399 e. The van der Waals surface area contributed by atoms with Crippen LogP contribution in [0.2, 0.25) is 0 Å². The van der Waals surface area contributed by atoms with Crippen molar-refractivity contribution >= 4 is 5.69 Å². The van der Waals surface area contributed by atoms with Crippen molar-refractivity contribution in [1.82, 2.24) is 9.97 Å². The van der Waals surface area contributed by atoms with E-state index in [1.165, 1.54) is 5.56 Å². The smallest absolute Gasteiger partial charge is 0.345 e. The SMILES string of the molecule is Cc1cc(CCc2ccc(N)cc2)nc(=O)[nH]1. The number of anilines is 1. The molecule has 0 radical (unpaired) electrons. The molecule has 2 aromatic rings. The third kappa shape index (κ3) is 3.17. The summed E-state index contributed by atoms with van der Waals surface area (Å²) in [4.78, 5) is 17.7. The quantitative estimate of drug-likeness (QED) is 0.782. The van der Waals surface area contributed by atoms with E-state index in [1.807, 2.05) is 37.3 Å². The Balaban J connectivity index is 2.07. The number of nitrogens with two attached hydrogens (primary N) is 1. The molecule has 0 aliphatic carbocycles. The average Bonchev–Trinajstić information content (AvgIpc) is 2.27. The number of nitrogens with one attached hydrogen (secondary N) is 1. The fraction of sp³-hybridized carbons (Fsp3) is 0.231. The van der Waals surface area contributed by atoms with Gasteiger partial charge in [0, 0.05) is 17.1 Å². The van der Waals surface area contributed by atoms with Crippen LogP contribution >= 0.6 is 0 Å². The van der Waals surface area contributed by atoms with E-state index in [0.717, 1.165) is 29.9 Å². The minimum atomic E-state index is -0.280. The molecule has 0 bridgehead atoms. The van der Waals surface area contributed by atoms with Crippen LogP contribution in [0.25, 0.3) is 0 Å². The highest BCUT2D eigenvalue weighted by Gasteiger charge is 1.99. The molecule has 0 saturated carbocycles. The molecule has 0 fully saturated rings. The summed E-state index contributed by atoms with van der Waals surface area (Å²) in [5.41, 5.74) is 8.96. The van der Waals surface area contributed by atoms with Crippen LogP contribution in [0.4, 0.5) is 5.69 Å². The average molecular weight is 229 g/mol. The second-order valence-corrected chi connectivity index (χ2v) is 4.10. The van der Waals surface area contributed by atoms with Crippen molar-refractivity contribution in [2.24, 2.45) is 0 Å². The van der Waals surface area contributed by atoms with Gasteiger partial charge in [-0.05, 0) is 43.5 Å². The number of aryl methyl sites for hydroxylation is 3. The molecule has 1 heterocycles. The Morgan fingerprint density at radius 3 is 2.59 bits per heavy atom. The fourth-order valence-electron chi connectivity index (χ4n) is 1.73. The van der Waals surface area contributed by atoms with Gasteiger partial charge in [-0.2, -0.15) is 4.98 Å². The summed E-state index contributed by atoms with van der Waals surface area (Å²) in [6.45, 7) is 1.86. The lowest BCUT2D eigenvalue weighted by molar-refractivity contribution is 0.871. The molecule has 2 rings (SSSR count). The first-order valence-electron chi connectivity index (χ1n) is 5.55. The molecular weight excluding hydrogens is 214 g/mol. The monoisotopic (exact) mass is 229 g/mol. The second kappa shape index (κ2) is 4.82. The highest BCUT2D eigenvalue weighted by Crippen LogP contribution is 2.08. The predicted molar refractivity (Wildman–Crippen MR) is 67.9 cm³/mol. The molecule has 3 N–H and O–H groups in total. The summed E-state index contributed by atoms with van der Waals surface area (Å²) in [6, 6.07) is 9.65. The van der Waals surface area contributed by atoms with E-state index in [9.17, 15) is 4.79 Å². The Hall–Kier alpha value is -2.10. The van der Waals surface area contributed by atoms with Gasteiger partial charge in [0.2, 0.25) is 0 Å². The Morgan fingerprint density at radius 2 is 1.94 bits per heavy atom. The molecule has 0 unspecified atom stereocenters. The van der Waals surface area contributed by atoms with Crippen molar-refractivity contribution in [3.63, 3.8) is 0 Å². The lowest BCUT2D eigenvalue weighted by Gasteiger charge is -2.02. The first-order chi connectivity index (χ1) is 8.13. The van der Waals surface area contributed by atoms with Crippen LogP contribution < -0.4 is 11.4 Å². The van der Waals surface area contributed by atoms with Gasteiger partial charge in [-0.15, -0.1) is 0 Å². The number of aromatic nitrogens is 2. The van der Waals surface area contributed by atoms with Crippen LogP contribution in [0, 0.1) is 6.92 Å². The van der Waals surface area contributed by atoms with Crippen LogP contribution in [0.15, 0.2) is 35.1 Å². The largest absolute Gasteiger partial charge is 0.399 e. The first kappa shape index (κ1) is 11.4. The number of hydrogen-bond acceptors (Lipinski definition) is 3. The number of rotatable bonds is 3. The first-order valence-corrected chi connectivity index (χ1v) is 5.55. The van der Waals surface area contributed by atoms with Crippen LogP contribution in [-0.2, 0) is 12.8 Å². The van der Waals surface area contributed by atoms with E-state index in [4.69, 9.17) is 5.73 Å². The van der Waals surface area contributed by atoms with Gasteiger partial charge in [0.25, 0.3) is 0 Å². The standard InChI is InChI=1S/C13H15N3O/c1-9-8-12(16-13(17)15-9)7-4-10-2-5-11(14)6-3-10/h2-3,5-6,8H,4,7,14H2,1H3,(H,15,16,17). The van der Waals surface area contributed by atoms with Crippen LogP contribution in [0.5, 0.6) is 0 Å². The molecule has 1 aromatic carbocycles. The fourth-order valence-corrected chi connectivity index (χ4v) is 1.73. The summed E-state index contributed by atoms with van der Waals surface area (Å²) in [7, 11) is 0. The Labute approximate surface area is 99.5 Å². The van der Waals surface area contributed by atoms with Gasteiger partial charge in [-0.1, -0.05) is 12.1 Å². The van der Waals surface area contributed by atoms with Crippen molar-refractivity contribution in [3.05, 3.63) is 57.8 Å². The van der Waals surface area contributed by atoms with Crippen LogP contribution in [0.1, 0.15) is 17.0 Å². The van der Waals surface area contributed by atoms with Crippen molar-refractivity contribution in [3.8, 4) is 0 Å². The molecule has 0 saturated heterocycles. The zero-order valence-electron chi connectivity index (χ0n) is 9.73. The van der Waals surface area contributed by atoms with Gasteiger partial charge in [0.1, 0.15) is 0 Å². The normalized spacial score (nSPS) is 10.4. The molecule has 0 amide bonds. The zero-order valence-corrected chi connectivity index (χ0v) is 9.73. The number of H-pyrrole nitrogens is 1. The molecule has 4 heteroatoms. The van der Waals surface area contributed by atoms with E-state index < -0.39 is 0 Å². The van der Waals surface area contributed by atoms with Gasteiger partial charge in [0.15, 0.2) is 0 Å². The van der Waals surface area contributed by atoms with Crippen molar-refractivity contribution in [1.29, 1.82) is 0 Å². The number of hydrogen-bond donors (Lipinski definition) is 2. The molecule has 17 heavy (non-hydrogen) atoms. The number of aromatic amines is 1. The van der Waals surface area contributed by atoms with Gasteiger partial charge in [0.05, 0.1) is 0 Å². The predicted octanol–water partition coefficient (Wildman–Crippen LogP) is 1.45. The van der Waals surface area contributed by atoms with Crippen molar-refractivity contribution in [2.75, 3.05) is 5.73 Å².